The molecule has 2 nitrogen and oxygen atoms in total. The van der Waals surface area contributed by atoms with Crippen molar-refractivity contribution in [1.29, 1.82) is 10.5 Å². The highest BCUT2D eigenvalue weighted by Gasteiger charge is 2.31. The third kappa shape index (κ3) is 0.787. The summed E-state index contributed by atoms with van der Waals surface area (Å²) in [4.78, 5) is 0. The third-order valence-electron chi connectivity index (χ3n) is 2.64. The third-order valence-corrected chi connectivity index (χ3v) is 2.64. The summed E-state index contributed by atoms with van der Waals surface area (Å²) in [5, 5.41) is 17.6. The fourth-order valence-electron chi connectivity index (χ4n) is 1.99. The zero-order chi connectivity index (χ0) is 8.55. The fraction of sp³-hybridized carbons (Fsp3) is 0.400. The zero-order valence-corrected chi connectivity index (χ0v) is 6.62. The molecule has 3 aliphatic rings. The smallest absolute Gasteiger partial charge is 0.0964 e. The van der Waals surface area contributed by atoms with Gasteiger partial charge in [-0.1, -0.05) is 12.2 Å². The van der Waals surface area contributed by atoms with Crippen LogP contribution in [-0.4, -0.2) is 0 Å². The molecule has 0 N–H and O–H groups in total. The Hall–Kier alpha value is -1.54. The van der Waals surface area contributed by atoms with E-state index in [0.29, 0.717) is 11.1 Å². The largest absolute Gasteiger partial charge is 0.193 e. The number of allylic oxidation sites excluding steroid dienone is 4. The van der Waals surface area contributed by atoms with Crippen molar-refractivity contribution < 1.29 is 0 Å². The van der Waals surface area contributed by atoms with Crippen LogP contribution < -0.4 is 0 Å². The molecule has 0 saturated carbocycles. The molecule has 0 aromatic carbocycles. The molecule has 2 atom stereocenters. The predicted molar refractivity (Wildman–Crippen MR) is 43.6 cm³/mol. The lowest BCUT2D eigenvalue weighted by molar-refractivity contribution is 0.501. The lowest BCUT2D eigenvalue weighted by atomic mass is 9.72. The molecule has 0 aromatic rings. The van der Waals surface area contributed by atoms with E-state index in [2.05, 4.69) is 24.3 Å². The minimum absolute atomic E-state index is 0.231. The minimum atomic E-state index is 0.231. The Morgan fingerprint density at radius 2 is 1.42 bits per heavy atom. The molecule has 2 heteroatoms. The van der Waals surface area contributed by atoms with Crippen LogP contribution in [0.3, 0.4) is 0 Å². The lowest BCUT2D eigenvalue weighted by Crippen LogP contribution is -2.20. The van der Waals surface area contributed by atoms with Gasteiger partial charge in [-0.25, -0.2) is 0 Å². The summed E-state index contributed by atoms with van der Waals surface area (Å²) >= 11 is 0. The molecule has 3 aliphatic carbocycles. The van der Waals surface area contributed by atoms with Gasteiger partial charge in [0.05, 0.1) is 23.3 Å². The maximum absolute atomic E-state index is 8.82. The molecule has 0 amide bonds. The van der Waals surface area contributed by atoms with Crippen molar-refractivity contribution in [2.45, 2.75) is 12.8 Å². The van der Waals surface area contributed by atoms with Crippen LogP contribution in [0, 0.1) is 34.5 Å². The highest BCUT2D eigenvalue weighted by atomic mass is 14.4. The van der Waals surface area contributed by atoms with Gasteiger partial charge in [-0.05, 0) is 12.8 Å². The molecule has 0 heterocycles. The number of fused-ring (bicyclic) bond motifs is 1. The van der Waals surface area contributed by atoms with Gasteiger partial charge < -0.3 is 0 Å². The van der Waals surface area contributed by atoms with Crippen LogP contribution >= 0.6 is 0 Å². The van der Waals surface area contributed by atoms with Gasteiger partial charge in [0, 0.05) is 11.8 Å². The molecule has 0 fully saturated rings. The fourth-order valence-corrected chi connectivity index (χ4v) is 1.99. The van der Waals surface area contributed by atoms with Crippen molar-refractivity contribution in [3.8, 4) is 12.1 Å². The van der Waals surface area contributed by atoms with E-state index in [9.17, 15) is 0 Å². The Labute approximate surface area is 71.4 Å². The molecular weight excluding hydrogens is 148 g/mol. The van der Waals surface area contributed by atoms with Crippen LogP contribution in [0.4, 0.5) is 0 Å². The SMILES string of the molecule is N#CC1=C(C#N)[C@H]2C=C[C@@H]1CC2. The molecule has 0 aromatic heterocycles. The van der Waals surface area contributed by atoms with Crippen molar-refractivity contribution >= 4 is 0 Å². The average molecular weight is 156 g/mol. The van der Waals surface area contributed by atoms with Crippen molar-refractivity contribution in [3.63, 3.8) is 0 Å². The Morgan fingerprint density at radius 1 is 1.00 bits per heavy atom. The highest BCUT2D eigenvalue weighted by Crippen LogP contribution is 2.39. The first-order valence-corrected chi connectivity index (χ1v) is 4.09. The van der Waals surface area contributed by atoms with E-state index >= 15 is 0 Å². The Balaban J connectivity index is 2.52. The van der Waals surface area contributed by atoms with Crippen LogP contribution in [0.1, 0.15) is 12.8 Å². The van der Waals surface area contributed by atoms with Crippen LogP contribution in [0.5, 0.6) is 0 Å². The summed E-state index contributed by atoms with van der Waals surface area (Å²) in [6.07, 6.45) is 6.20. The normalized spacial score (nSPS) is 31.5. The van der Waals surface area contributed by atoms with Crippen LogP contribution in [0.15, 0.2) is 23.3 Å². The summed E-state index contributed by atoms with van der Waals surface area (Å²) < 4.78 is 0. The second-order valence-electron chi connectivity index (χ2n) is 3.23. The molecule has 12 heavy (non-hydrogen) atoms. The first kappa shape index (κ1) is 7.13. The van der Waals surface area contributed by atoms with Gasteiger partial charge in [0.2, 0.25) is 0 Å². The molecule has 0 spiro atoms. The molecule has 0 unspecified atom stereocenters. The Bertz CT molecular complexity index is 315. The van der Waals surface area contributed by atoms with Gasteiger partial charge in [-0.3, -0.25) is 0 Å². The zero-order valence-electron chi connectivity index (χ0n) is 6.62. The van der Waals surface area contributed by atoms with Crippen molar-refractivity contribution in [3.05, 3.63) is 23.3 Å². The van der Waals surface area contributed by atoms with Crippen LogP contribution in [0.25, 0.3) is 0 Å². The van der Waals surface area contributed by atoms with E-state index in [4.69, 9.17) is 10.5 Å². The molecule has 58 valence electrons. The van der Waals surface area contributed by atoms with Gasteiger partial charge >= 0.3 is 0 Å². The van der Waals surface area contributed by atoms with E-state index in [1.54, 1.807) is 0 Å². The highest BCUT2D eigenvalue weighted by molar-refractivity contribution is 5.48. The number of nitriles is 2. The quantitative estimate of drug-likeness (QED) is 0.503. The average Bonchev–Trinajstić information content (AvgIpc) is 2.18. The van der Waals surface area contributed by atoms with Gasteiger partial charge in [0.25, 0.3) is 0 Å². The monoisotopic (exact) mass is 156 g/mol. The van der Waals surface area contributed by atoms with Crippen LogP contribution in [-0.2, 0) is 0 Å². The van der Waals surface area contributed by atoms with Crippen LogP contribution in [0.2, 0.25) is 0 Å². The summed E-state index contributed by atoms with van der Waals surface area (Å²) in [5.41, 5.74) is 1.41. The number of nitrogens with zero attached hydrogens (tertiary/aromatic N) is 2. The van der Waals surface area contributed by atoms with Gasteiger partial charge in [-0.2, -0.15) is 10.5 Å². The first-order valence-electron chi connectivity index (χ1n) is 4.09. The maximum atomic E-state index is 8.82. The van der Waals surface area contributed by atoms with E-state index in [0.717, 1.165) is 12.8 Å². The van der Waals surface area contributed by atoms with E-state index in [1.165, 1.54) is 0 Å². The molecule has 3 rings (SSSR count). The van der Waals surface area contributed by atoms with E-state index in [-0.39, 0.29) is 11.8 Å². The molecular formula is C10H8N2. The van der Waals surface area contributed by atoms with Gasteiger partial charge in [0.15, 0.2) is 0 Å². The summed E-state index contributed by atoms with van der Waals surface area (Å²) in [7, 11) is 0. The van der Waals surface area contributed by atoms with Crippen molar-refractivity contribution in [2.24, 2.45) is 11.8 Å². The number of rotatable bonds is 0. The lowest BCUT2D eigenvalue weighted by Gasteiger charge is -2.29. The molecule has 0 aliphatic heterocycles. The summed E-state index contributed by atoms with van der Waals surface area (Å²) in [6, 6.07) is 4.28. The standard InChI is InChI=1S/C10H8N2/c11-5-9-7-1-2-8(4-3-7)10(9)6-12/h1-2,7-8H,3-4H2/t7-,8+. The predicted octanol–water partition coefficient (Wildman–Crippen LogP) is 1.93. The topological polar surface area (TPSA) is 47.6 Å². The minimum Gasteiger partial charge on any atom is -0.193 e. The number of hydrogen-bond acceptors (Lipinski definition) is 2. The van der Waals surface area contributed by atoms with E-state index < -0.39 is 0 Å². The Kier molecular flexibility index (Phi) is 1.48. The summed E-state index contributed by atoms with van der Waals surface area (Å²) in [6.45, 7) is 0. The van der Waals surface area contributed by atoms with Crippen molar-refractivity contribution in [2.75, 3.05) is 0 Å². The maximum Gasteiger partial charge on any atom is 0.0964 e. The second kappa shape index (κ2) is 2.50. The second-order valence-corrected chi connectivity index (χ2v) is 3.23. The van der Waals surface area contributed by atoms with E-state index in [1.807, 2.05) is 0 Å². The first-order chi connectivity index (χ1) is 5.86. The van der Waals surface area contributed by atoms with Gasteiger partial charge in [-0.15, -0.1) is 0 Å². The number of hydrogen-bond donors (Lipinski definition) is 0. The van der Waals surface area contributed by atoms with Crippen molar-refractivity contribution in [1.82, 2.24) is 0 Å². The Morgan fingerprint density at radius 3 is 1.67 bits per heavy atom. The van der Waals surface area contributed by atoms with Gasteiger partial charge in [0.1, 0.15) is 0 Å². The molecule has 2 bridgehead atoms. The summed E-state index contributed by atoms with van der Waals surface area (Å²) in [5.74, 6) is 0.462. The molecule has 0 radical (unpaired) electrons. The molecule has 0 saturated heterocycles.